The summed E-state index contributed by atoms with van der Waals surface area (Å²) < 4.78 is 10.5. The second-order valence-electron chi connectivity index (χ2n) is 6.66. The van der Waals surface area contributed by atoms with Crippen LogP contribution in [0.3, 0.4) is 0 Å². The second kappa shape index (κ2) is 8.85. The van der Waals surface area contributed by atoms with Gasteiger partial charge in [-0.3, -0.25) is 9.59 Å². The van der Waals surface area contributed by atoms with Gasteiger partial charge in [0.25, 0.3) is 11.8 Å². The number of thiophene rings is 1. The average molecular weight is 444 g/mol. The van der Waals surface area contributed by atoms with E-state index < -0.39 is 0 Å². The van der Waals surface area contributed by atoms with Crippen molar-refractivity contribution >= 4 is 34.5 Å². The number of amides is 2. The largest absolute Gasteiger partial charge is 0.497 e. The Hall–Kier alpha value is -2.91. The highest BCUT2D eigenvalue weighted by Crippen LogP contribution is 2.30. The maximum atomic E-state index is 13.0. The van der Waals surface area contributed by atoms with Gasteiger partial charge in [0.2, 0.25) is 0 Å². The van der Waals surface area contributed by atoms with E-state index >= 15 is 0 Å². The predicted molar refractivity (Wildman–Crippen MR) is 117 cm³/mol. The Morgan fingerprint density at radius 1 is 1.00 bits per heavy atom. The van der Waals surface area contributed by atoms with E-state index in [-0.39, 0.29) is 11.8 Å². The van der Waals surface area contributed by atoms with Crippen molar-refractivity contribution in [2.45, 2.75) is 0 Å². The highest BCUT2D eigenvalue weighted by atomic mass is 32.1. The number of hydrogen-bond donors (Lipinski definition) is 0. The molecule has 0 aliphatic carbocycles. The molecule has 2 amide bonds. The summed E-state index contributed by atoms with van der Waals surface area (Å²) in [6.45, 7) is 1.90. The van der Waals surface area contributed by atoms with Crippen LogP contribution < -0.4 is 9.47 Å². The minimum absolute atomic E-state index is 0.0376. The monoisotopic (exact) mass is 443 g/mol. The molecule has 1 aromatic carbocycles. The minimum atomic E-state index is -0.112. The number of methoxy groups -OCH3 is 2. The Labute approximate surface area is 182 Å². The van der Waals surface area contributed by atoms with Crippen molar-refractivity contribution < 1.29 is 19.1 Å². The molecular formula is C21H21N3O4S2. The summed E-state index contributed by atoms with van der Waals surface area (Å²) in [5.74, 6) is 0.956. The van der Waals surface area contributed by atoms with Crippen molar-refractivity contribution in [3.05, 3.63) is 52.3 Å². The maximum absolute atomic E-state index is 13.0. The van der Waals surface area contributed by atoms with Crippen LogP contribution in [0.1, 0.15) is 20.0 Å². The number of ether oxygens (including phenoxy) is 2. The molecular weight excluding hydrogens is 422 g/mol. The number of piperazine rings is 1. The Kier molecular flexibility index (Phi) is 6.01. The Morgan fingerprint density at radius 3 is 2.37 bits per heavy atom. The van der Waals surface area contributed by atoms with E-state index in [0.29, 0.717) is 48.1 Å². The summed E-state index contributed by atoms with van der Waals surface area (Å²) >= 11 is 3.01. The van der Waals surface area contributed by atoms with Crippen molar-refractivity contribution in [1.82, 2.24) is 14.8 Å². The van der Waals surface area contributed by atoms with Gasteiger partial charge in [0, 0.05) is 32.2 Å². The Morgan fingerprint density at radius 2 is 1.73 bits per heavy atom. The zero-order valence-electron chi connectivity index (χ0n) is 16.7. The van der Waals surface area contributed by atoms with Gasteiger partial charge in [-0.2, -0.15) is 0 Å². The summed E-state index contributed by atoms with van der Waals surface area (Å²) in [4.78, 5) is 35.4. The third-order valence-electron chi connectivity index (χ3n) is 4.94. The lowest BCUT2D eigenvalue weighted by molar-refractivity contribution is 0.0536. The number of rotatable bonds is 5. The lowest BCUT2D eigenvalue weighted by Crippen LogP contribution is -2.50. The fraction of sp³-hybridized carbons (Fsp3) is 0.286. The number of benzene rings is 1. The van der Waals surface area contributed by atoms with Gasteiger partial charge in [-0.1, -0.05) is 6.07 Å². The average Bonchev–Trinajstić information content (AvgIpc) is 3.50. The van der Waals surface area contributed by atoms with Gasteiger partial charge >= 0.3 is 0 Å². The van der Waals surface area contributed by atoms with Crippen LogP contribution in [-0.4, -0.2) is 67.0 Å². The van der Waals surface area contributed by atoms with Crippen molar-refractivity contribution in [2.24, 2.45) is 0 Å². The van der Waals surface area contributed by atoms with Gasteiger partial charge in [0.05, 0.1) is 30.9 Å². The quantitative estimate of drug-likeness (QED) is 0.604. The molecule has 1 aliphatic heterocycles. The summed E-state index contributed by atoms with van der Waals surface area (Å²) in [7, 11) is 3.10. The highest BCUT2D eigenvalue weighted by Gasteiger charge is 2.28. The molecule has 3 heterocycles. The first-order valence-electron chi connectivity index (χ1n) is 9.41. The number of thiazole rings is 1. The van der Waals surface area contributed by atoms with Gasteiger partial charge in [-0.15, -0.1) is 22.7 Å². The van der Waals surface area contributed by atoms with E-state index in [2.05, 4.69) is 4.98 Å². The molecule has 156 valence electrons. The second-order valence-corrected chi connectivity index (χ2v) is 8.64. The van der Waals surface area contributed by atoms with Crippen molar-refractivity contribution in [2.75, 3.05) is 40.4 Å². The molecule has 0 spiro atoms. The summed E-state index contributed by atoms with van der Waals surface area (Å²) in [6.07, 6.45) is 1.64. The van der Waals surface area contributed by atoms with Crippen LogP contribution in [0, 0.1) is 0 Å². The van der Waals surface area contributed by atoms with Crippen LogP contribution in [0.25, 0.3) is 9.88 Å². The first-order chi connectivity index (χ1) is 14.6. The molecule has 9 heteroatoms. The van der Waals surface area contributed by atoms with Gasteiger partial charge in [-0.25, -0.2) is 4.98 Å². The van der Waals surface area contributed by atoms with E-state index in [4.69, 9.17) is 9.47 Å². The van der Waals surface area contributed by atoms with Crippen LogP contribution in [0.5, 0.6) is 11.5 Å². The molecule has 0 radical (unpaired) electrons. The van der Waals surface area contributed by atoms with E-state index in [1.54, 1.807) is 52.6 Å². The normalized spacial score (nSPS) is 13.9. The molecule has 0 N–H and O–H groups in total. The standard InChI is InChI=1S/C21H21N3O4S2/c1-27-14-5-6-15(16(12-14)28-2)20(25)23-7-9-24(10-8-23)21(26)18-13-22-19(30-18)17-4-3-11-29-17/h3-6,11-13H,7-10H2,1-2H3. The predicted octanol–water partition coefficient (Wildman–Crippen LogP) is 3.49. The zero-order chi connectivity index (χ0) is 21.1. The molecule has 1 saturated heterocycles. The molecule has 3 aromatic rings. The molecule has 0 bridgehead atoms. The lowest BCUT2D eigenvalue weighted by atomic mass is 10.1. The van der Waals surface area contributed by atoms with E-state index in [1.807, 2.05) is 17.5 Å². The molecule has 0 saturated carbocycles. The van der Waals surface area contributed by atoms with Crippen molar-refractivity contribution in [1.29, 1.82) is 0 Å². The summed E-state index contributed by atoms with van der Waals surface area (Å²) in [5, 5.41) is 2.85. The van der Waals surface area contributed by atoms with Gasteiger partial charge in [-0.05, 0) is 23.6 Å². The highest BCUT2D eigenvalue weighted by molar-refractivity contribution is 7.21. The molecule has 1 fully saturated rings. The van der Waals surface area contributed by atoms with Gasteiger partial charge in [0.15, 0.2) is 0 Å². The first-order valence-corrected chi connectivity index (χ1v) is 11.1. The third kappa shape index (κ3) is 4.03. The number of hydrogen-bond acceptors (Lipinski definition) is 7. The molecule has 2 aromatic heterocycles. The summed E-state index contributed by atoms with van der Waals surface area (Å²) in [5.41, 5.74) is 0.487. The van der Waals surface area contributed by atoms with E-state index in [1.165, 1.54) is 18.4 Å². The Balaban J connectivity index is 1.40. The fourth-order valence-electron chi connectivity index (χ4n) is 3.30. The number of carbonyl (C=O) groups is 2. The zero-order valence-corrected chi connectivity index (χ0v) is 18.3. The lowest BCUT2D eigenvalue weighted by Gasteiger charge is -2.34. The third-order valence-corrected chi connectivity index (χ3v) is 6.97. The molecule has 30 heavy (non-hydrogen) atoms. The topological polar surface area (TPSA) is 72.0 Å². The van der Waals surface area contributed by atoms with E-state index in [0.717, 1.165) is 9.88 Å². The van der Waals surface area contributed by atoms with Crippen LogP contribution in [0.2, 0.25) is 0 Å². The molecule has 0 unspecified atom stereocenters. The molecule has 0 atom stereocenters. The number of carbonyl (C=O) groups excluding carboxylic acids is 2. The number of nitrogens with zero attached hydrogens (tertiary/aromatic N) is 3. The first kappa shape index (κ1) is 20.4. The van der Waals surface area contributed by atoms with Gasteiger partial charge in [0.1, 0.15) is 21.4 Å². The summed E-state index contributed by atoms with van der Waals surface area (Å²) in [6, 6.07) is 9.11. The van der Waals surface area contributed by atoms with Crippen molar-refractivity contribution in [3.63, 3.8) is 0 Å². The molecule has 7 nitrogen and oxygen atoms in total. The van der Waals surface area contributed by atoms with E-state index in [9.17, 15) is 9.59 Å². The molecule has 4 rings (SSSR count). The minimum Gasteiger partial charge on any atom is -0.497 e. The van der Waals surface area contributed by atoms with Crippen LogP contribution >= 0.6 is 22.7 Å². The maximum Gasteiger partial charge on any atom is 0.265 e. The number of aromatic nitrogens is 1. The van der Waals surface area contributed by atoms with Crippen LogP contribution in [0.15, 0.2) is 41.9 Å². The van der Waals surface area contributed by atoms with Crippen LogP contribution in [-0.2, 0) is 0 Å². The fourth-order valence-corrected chi connectivity index (χ4v) is 4.99. The SMILES string of the molecule is COc1ccc(C(=O)N2CCN(C(=O)c3cnc(-c4cccs4)s3)CC2)c(OC)c1. The van der Waals surface area contributed by atoms with Crippen molar-refractivity contribution in [3.8, 4) is 21.4 Å². The smallest absolute Gasteiger partial charge is 0.265 e. The molecule has 1 aliphatic rings. The Bertz CT molecular complexity index is 1040. The van der Waals surface area contributed by atoms with Crippen LogP contribution in [0.4, 0.5) is 0 Å². The van der Waals surface area contributed by atoms with Gasteiger partial charge < -0.3 is 19.3 Å².